The molecule has 1 aliphatic rings. The predicted molar refractivity (Wildman–Crippen MR) is 146 cm³/mol. The lowest BCUT2D eigenvalue weighted by Gasteiger charge is -2.35. The van der Waals surface area contributed by atoms with E-state index in [0.717, 1.165) is 52.2 Å². The first-order valence-corrected chi connectivity index (χ1v) is 12.3. The topological polar surface area (TPSA) is 86.3 Å². The van der Waals surface area contributed by atoms with Crippen molar-refractivity contribution < 1.29 is 9.53 Å². The Morgan fingerprint density at radius 3 is 2.57 bits per heavy atom. The Kier molecular flexibility index (Phi) is 6.65. The molecule has 0 spiro atoms. The first-order chi connectivity index (χ1) is 18.0. The van der Waals surface area contributed by atoms with Gasteiger partial charge in [0.2, 0.25) is 5.91 Å². The van der Waals surface area contributed by atoms with E-state index < -0.39 is 0 Å². The van der Waals surface area contributed by atoms with Crippen molar-refractivity contribution in [2.75, 3.05) is 12.3 Å². The summed E-state index contributed by atoms with van der Waals surface area (Å²) >= 11 is 0. The number of amides is 1. The van der Waals surface area contributed by atoms with Crippen LogP contribution in [0.25, 0.3) is 22.2 Å². The van der Waals surface area contributed by atoms with Gasteiger partial charge < -0.3 is 19.9 Å². The van der Waals surface area contributed by atoms with Crippen molar-refractivity contribution in [3.05, 3.63) is 79.3 Å². The first-order valence-electron chi connectivity index (χ1n) is 12.3. The van der Waals surface area contributed by atoms with E-state index in [0.29, 0.717) is 12.4 Å². The summed E-state index contributed by atoms with van der Waals surface area (Å²) in [5.41, 5.74) is 9.76. The quantitative estimate of drug-likeness (QED) is 0.314. The van der Waals surface area contributed by atoms with Crippen LogP contribution in [0.5, 0.6) is 11.5 Å². The van der Waals surface area contributed by atoms with E-state index in [9.17, 15) is 4.79 Å². The van der Waals surface area contributed by atoms with E-state index in [1.807, 2.05) is 71.1 Å². The highest BCUT2D eigenvalue weighted by Crippen LogP contribution is 2.37. The van der Waals surface area contributed by atoms with E-state index in [1.54, 1.807) is 0 Å². The lowest BCUT2D eigenvalue weighted by atomic mass is 9.91. The number of piperidine rings is 1. The zero-order valence-electron chi connectivity index (χ0n) is 21.0. The van der Waals surface area contributed by atoms with Gasteiger partial charge in [0, 0.05) is 31.1 Å². The highest BCUT2D eigenvalue weighted by molar-refractivity contribution is 6.03. The molecule has 2 aromatic carbocycles. The summed E-state index contributed by atoms with van der Waals surface area (Å²) in [5.74, 6) is 8.99. The molecule has 0 saturated carbocycles. The summed E-state index contributed by atoms with van der Waals surface area (Å²) in [7, 11) is 1.95. The van der Waals surface area contributed by atoms with Gasteiger partial charge in [0.15, 0.2) is 0 Å². The number of aryl methyl sites for hydroxylation is 1. The fourth-order valence-electron chi connectivity index (χ4n) is 4.94. The van der Waals surface area contributed by atoms with Gasteiger partial charge in [0.25, 0.3) is 0 Å². The molecule has 2 N–H and O–H groups in total. The molecular formula is C30H29N5O2. The number of hydrogen-bond acceptors (Lipinski definition) is 5. The van der Waals surface area contributed by atoms with Gasteiger partial charge in [0.05, 0.1) is 5.39 Å². The molecule has 2 aromatic heterocycles. The monoisotopic (exact) mass is 491 g/mol. The molecule has 0 aliphatic carbocycles. The van der Waals surface area contributed by atoms with E-state index in [1.165, 1.54) is 12.4 Å². The minimum absolute atomic E-state index is 0.0244. The Morgan fingerprint density at radius 1 is 1.14 bits per heavy atom. The number of ether oxygens (including phenoxy) is 1. The number of likely N-dealkylation sites (tertiary alicyclic amines) is 1. The molecule has 0 radical (unpaired) electrons. The van der Waals surface area contributed by atoms with Crippen LogP contribution in [-0.4, -0.2) is 37.9 Å². The third kappa shape index (κ3) is 4.78. The average Bonchev–Trinajstić information content (AvgIpc) is 3.20. The number of nitrogens with two attached hydrogens (primary N) is 1. The summed E-state index contributed by atoms with van der Waals surface area (Å²) in [5, 5.41) is 0.783. The van der Waals surface area contributed by atoms with E-state index >= 15 is 0 Å². The maximum atomic E-state index is 12.1. The normalized spacial score (nSPS) is 17.2. The molecule has 5 rings (SSSR count). The highest BCUT2D eigenvalue weighted by atomic mass is 16.5. The van der Waals surface area contributed by atoms with Crippen LogP contribution in [0, 0.1) is 17.8 Å². The molecule has 0 unspecified atom stereocenters. The molecule has 37 heavy (non-hydrogen) atoms. The Morgan fingerprint density at radius 2 is 1.86 bits per heavy atom. The van der Waals surface area contributed by atoms with Gasteiger partial charge in [-0.25, -0.2) is 9.97 Å². The molecule has 7 heteroatoms. The molecule has 0 bridgehead atoms. The number of fused-ring (bicyclic) bond motifs is 1. The fourth-order valence-corrected chi connectivity index (χ4v) is 4.94. The summed E-state index contributed by atoms with van der Waals surface area (Å²) in [6, 6.07) is 17.7. The molecule has 1 amide bonds. The average molecular weight is 492 g/mol. The van der Waals surface area contributed by atoms with Crippen molar-refractivity contribution in [2.45, 2.75) is 25.8 Å². The van der Waals surface area contributed by atoms with Crippen LogP contribution >= 0.6 is 0 Å². The molecule has 4 aromatic rings. The number of carbonyl (C=O) groups excluding carboxylic acids is 1. The van der Waals surface area contributed by atoms with E-state index in [2.05, 4.69) is 35.3 Å². The smallest absolute Gasteiger partial charge is 0.246 e. The Bertz CT molecular complexity index is 1510. The number of carbonyl (C=O) groups is 1. The Labute approximate surface area is 216 Å². The first kappa shape index (κ1) is 24.1. The summed E-state index contributed by atoms with van der Waals surface area (Å²) in [6.07, 6.45) is 4.50. The maximum Gasteiger partial charge on any atom is 0.246 e. The van der Waals surface area contributed by atoms with E-state index in [4.69, 9.17) is 10.5 Å². The molecule has 186 valence electrons. The largest absolute Gasteiger partial charge is 0.457 e. The fraction of sp³-hybridized carbons (Fsp3) is 0.233. The molecular weight excluding hydrogens is 462 g/mol. The third-order valence-corrected chi connectivity index (χ3v) is 6.85. The van der Waals surface area contributed by atoms with Crippen LogP contribution in [0.15, 0.2) is 73.6 Å². The number of hydrogen-bond donors (Lipinski definition) is 1. The molecule has 1 aliphatic heterocycles. The molecule has 3 heterocycles. The highest BCUT2D eigenvalue weighted by Gasteiger charge is 2.27. The van der Waals surface area contributed by atoms with Gasteiger partial charge in [-0.1, -0.05) is 42.8 Å². The second kappa shape index (κ2) is 10.2. The Hall–Kier alpha value is -4.57. The number of rotatable bonds is 4. The predicted octanol–water partition coefficient (Wildman–Crippen LogP) is 5.17. The van der Waals surface area contributed by atoms with E-state index in [-0.39, 0.29) is 17.9 Å². The number of nitrogens with zero attached hydrogens (tertiary/aromatic N) is 4. The molecule has 2 atom stereocenters. The lowest BCUT2D eigenvalue weighted by molar-refractivity contribution is -0.129. The van der Waals surface area contributed by atoms with Gasteiger partial charge in [-0.15, -0.1) is 0 Å². The minimum Gasteiger partial charge on any atom is -0.457 e. The van der Waals surface area contributed by atoms with Crippen LogP contribution in [0.1, 0.15) is 25.5 Å². The van der Waals surface area contributed by atoms with Crippen molar-refractivity contribution in [3.63, 3.8) is 0 Å². The van der Waals surface area contributed by atoms with Crippen molar-refractivity contribution >= 4 is 22.8 Å². The van der Waals surface area contributed by atoms with Crippen LogP contribution in [0.2, 0.25) is 0 Å². The molecule has 1 saturated heterocycles. The number of anilines is 1. The van der Waals surface area contributed by atoms with Crippen molar-refractivity contribution in [2.24, 2.45) is 13.0 Å². The van der Waals surface area contributed by atoms with Crippen LogP contribution in [-0.2, 0) is 11.8 Å². The number of nitrogen functional groups attached to an aromatic ring is 1. The van der Waals surface area contributed by atoms with Crippen LogP contribution in [0.4, 0.5) is 5.82 Å². The van der Waals surface area contributed by atoms with Gasteiger partial charge in [0.1, 0.15) is 35.0 Å². The lowest BCUT2D eigenvalue weighted by Crippen LogP contribution is -2.43. The number of benzene rings is 2. The number of para-hydroxylation sites is 1. The van der Waals surface area contributed by atoms with Crippen LogP contribution < -0.4 is 10.5 Å². The van der Waals surface area contributed by atoms with Gasteiger partial charge in [-0.3, -0.25) is 4.79 Å². The number of aromatic nitrogens is 3. The standard InChI is InChI=1S/C30H29N5O2/c1-4-26(36)35-17-16-21(18-20(35)2)10-15-25-27(28-29(31)32-19-33-30(28)34(25)3)22-11-13-24(14-12-22)37-23-8-6-5-7-9-23/h4-9,11-14,19-21H,1,16-18H2,2-3H3,(H2,31,32,33)/t20-,21+/m0/s1. The van der Waals surface area contributed by atoms with Crippen molar-refractivity contribution in [3.8, 4) is 34.5 Å². The summed E-state index contributed by atoms with van der Waals surface area (Å²) < 4.78 is 7.95. The SMILES string of the molecule is C=CC(=O)N1CC[C@@H](C#Cc2c(-c3ccc(Oc4ccccc4)cc3)c3c(N)ncnc3n2C)C[C@@H]1C. The Balaban J connectivity index is 1.50. The second-order valence-electron chi connectivity index (χ2n) is 9.26. The molecule has 1 fully saturated rings. The van der Waals surface area contributed by atoms with Gasteiger partial charge in [-0.2, -0.15) is 0 Å². The van der Waals surface area contributed by atoms with Gasteiger partial charge in [-0.05, 0) is 61.6 Å². The minimum atomic E-state index is -0.0244. The van der Waals surface area contributed by atoms with Gasteiger partial charge >= 0.3 is 0 Å². The van der Waals surface area contributed by atoms with Crippen molar-refractivity contribution in [1.82, 2.24) is 19.4 Å². The second-order valence-corrected chi connectivity index (χ2v) is 9.26. The van der Waals surface area contributed by atoms with Crippen LogP contribution in [0.3, 0.4) is 0 Å². The maximum absolute atomic E-state index is 12.1. The van der Waals surface area contributed by atoms with Crippen molar-refractivity contribution in [1.29, 1.82) is 0 Å². The third-order valence-electron chi connectivity index (χ3n) is 6.85. The summed E-state index contributed by atoms with van der Waals surface area (Å²) in [6.45, 7) is 6.35. The zero-order chi connectivity index (χ0) is 25.9. The zero-order valence-corrected chi connectivity index (χ0v) is 21.0. The molecule has 7 nitrogen and oxygen atoms in total. The summed E-state index contributed by atoms with van der Waals surface area (Å²) in [4.78, 5) is 22.7.